The molecule has 3 aromatic heterocycles. The van der Waals surface area contributed by atoms with Crippen molar-refractivity contribution < 1.29 is 9.32 Å². The van der Waals surface area contributed by atoms with E-state index in [0.29, 0.717) is 40.6 Å². The Kier molecular flexibility index (Phi) is 3.28. The quantitative estimate of drug-likeness (QED) is 0.591. The monoisotopic (exact) mass is 347 g/mol. The second-order valence-corrected chi connectivity index (χ2v) is 6.70. The van der Waals surface area contributed by atoms with Crippen LogP contribution in [0.4, 0.5) is 0 Å². The van der Waals surface area contributed by atoms with Gasteiger partial charge in [-0.2, -0.15) is 0 Å². The minimum Gasteiger partial charge on any atom is -0.345 e. The first-order valence-electron chi connectivity index (χ1n) is 8.68. The van der Waals surface area contributed by atoms with Crippen LogP contribution in [0.3, 0.4) is 0 Å². The summed E-state index contributed by atoms with van der Waals surface area (Å²) in [5.74, 6) is 0.965. The van der Waals surface area contributed by atoms with Crippen LogP contribution < -0.4 is 5.32 Å². The van der Waals surface area contributed by atoms with Crippen LogP contribution in [-0.2, 0) is 6.54 Å². The fraction of sp³-hybridized carbons (Fsp3) is 0.263. The number of pyridine rings is 1. The van der Waals surface area contributed by atoms with Crippen molar-refractivity contribution in [2.45, 2.75) is 32.2 Å². The third-order valence-corrected chi connectivity index (χ3v) is 4.73. The van der Waals surface area contributed by atoms with E-state index in [9.17, 15) is 4.79 Å². The van der Waals surface area contributed by atoms with E-state index in [0.717, 1.165) is 29.6 Å². The minimum atomic E-state index is -0.175. The average molecular weight is 347 g/mol. The number of para-hydroxylation sites is 2. The van der Waals surface area contributed by atoms with Gasteiger partial charge in [0.2, 0.25) is 0 Å². The summed E-state index contributed by atoms with van der Waals surface area (Å²) in [5, 5.41) is 7.59. The van der Waals surface area contributed by atoms with Crippen LogP contribution in [-0.4, -0.2) is 26.0 Å². The predicted molar refractivity (Wildman–Crippen MR) is 95.8 cm³/mol. The van der Waals surface area contributed by atoms with Gasteiger partial charge in [0, 0.05) is 11.6 Å². The molecule has 7 nitrogen and oxygen atoms in total. The molecule has 2 N–H and O–H groups in total. The second-order valence-electron chi connectivity index (χ2n) is 6.70. The number of nitrogens with one attached hydrogen (secondary N) is 2. The van der Waals surface area contributed by atoms with E-state index in [1.807, 2.05) is 37.3 Å². The number of fused-ring (bicyclic) bond motifs is 2. The van der Waals surface area contributed by atoms with E-state index >= 15 is 0 Å². The Balaban J connectivity index is 1.45. The molecule has 0 spiro atoms. The molecule has 1 aliphatic carbocycles. The van der Waals surface area contributed by atoms with E-state index in [-0.39, 0.29) is 5.91 Å². The first kappa shape index (κ1) is 15.1. The Morgan fingerprint density at radius 1 is 1.31 bits per heavy atom. The van der Waals surface area contributed by atoms with Gasteiger partial charge in [0.05, 0.1) is 34.2 Å². The Morgan fingerprint density at radius 3 is 2.96 bits per heavy atom. The lowest BCUT2D eigenvalue weighted by Gasteiger charge is -2.06. The molecule has 1 amide bonds. The molecule has 3 heterocycles. The molecule has 7 heteroatoms. The van der Waals surface area contributed by atoms with E-state index in [4.69, 9.17) is 4.52 Å². The number of aromatic nitrogens is 4. The van der Waals surface area contributed by atoms with Crippen LogP contribution in [0, 0.1) is 6.92 Å². The largest absolute Gasteiger partial charge is 0.345 e. The van der Waals surface area contributed by atoms with Gasteiger partial charge in [0.1, 0.15) is 5.82 Å². The third-order valence-electron chi connectivity index (χ3n) is 4.73. The first-order chi connectivity index (χ1) is 12.7. The standard InChI is InChI=1S/C19H17N5O2/c1-10-17-12(8-15(11-6-7-11)23-19(17)26-24-10)18(25)20-9-16-21-13-4-2-3-5-14(13)22-16/h2-5,8,11H,6-7,9H2,1H3,(H,20,25)(H,21,22). The van der Waals surface area contributed by atoms with Gasteiger partial charge in [0.15, 0.2) is 0 Å². The molecule has 0 radical (unpaired) electrons. The van der Waals surface area contributed by atoms with Gasteiger partial charge in [0.25, 0.3) is 11.6 Å². The number of carbonyl (C=O) groups is 1. The number of hydrogen-bond donors (Lipinski definition) is 2. The maximum Gasteiger partial charge on any atom is 0.259 e. The molecule has 0 unspecified atom stereocenters. The van der Waals surface area contributed by atoms with Crippen LogP contribution in [0.2, 0.25) is 0 Å². The molecule has 0 saturated heterocycles. The molecule has 1 fully saturated rings. The van der Waals surface area contributed by atoms with Crippen molar-refractivity contribution in [3.63, 3.8) is 0 Å². The number of hydrogen-bond acceptors (Lipinski definition) is 5. The lowest BCUT2D eigenvalue weighted by molar-refractivity contribution is 0.0951. The number of rotatable bonds is 4. The number of imidazole rings is 1. The Bertz CT molecular complexity index is 1110. The van der Waals surface area contributed by atoms with Gasteiger partial charge in [-0.1, -0.05) is 17.3 Å². The van der Waals surface area contributed by atoms with E-state index in [1.54, 1.807) is 0 Å². The van der Waals surface area contributed by atoms with Gasteiger partial charge < -0.3 is 14.8 Å². The van der Waals surface area contributed by atoms with E-state index in [1.165, 1.54) is 0 Å². The predicted octanol–water partition coefficient (Wildman–Crippen LogP) is 3.21. The molecule has 4 aromatic rings. The lowest BCUT2D eigenvalue weighted by Crippen LogP contribution is -2.24. The van der Waals surface area contributed by atoms with E-state index in [2.05, 4.69) is 25.4 Å². The number of carbonyl (C=O) groups excluding carboxylic acids is 1. The van der Waals surface area contributed by atoms with Crippen molar-refractivity contribution in [3.05, 3.63) is 53.1 Å². The maximum atomic E-state index is 12.8. The topological polar surface area (TPSA) is 96.7 Å². The van der Waals surface area contributed by atoms with Crippen molar-refractivity contribution in [1.82, 2.24) is 25.4 Å². The average Bonchev–Trinajstić information content (AvgIpc) is 3.32. The number of amides is 1. The van der Waals surface area contributed by atoms with Gasteiger partial charge in [-0.05, 0) is 38.0 Å². The maximum absolute atomic E-state index is 12.8. The highest BCUT2D eigenvalue weighted by Crippen LogP contribution is 2.40. The summed E-state index contributed by atoms with van der Waals surface area (Å²) in [4.78, 5) is 25.1. The molecule has 0 aliphatic heterocycles. The summed E-state index contributed by atoms with van der Waals surface area (Å²) in [6, 6.07) is 9.66. The van der Waals surface area contributed by atoms with Crippen LogP contribution in [0.25, 0.3) is 22.1 Å². The van der Waals surface area contributed by atoms with Crippen LogP contribution >= 0.6 is 0 Å². The normalized spacial score (nSPS) is 14.2. The van der Waals surface area contributed by atoms with Crippen molar-refractivity contribution in [2.24, 2.45) is 0 Å². The Labute approximate surface area is 148 Å². The van der Waals surface area contributed by atoms with Gasteiger partial charge >= 0.3 is 0 Å². The van der Waals surface area contributed by atoms with Crippen LogP contribution in [0.15, 0.2) is 34.9 Å². The smallest absolute Gasteiger partial charge is 0.259 e. The van der Waals surface area contributed by atoms with Crippen molar-refractivity contribution in [1.29, 1.82) is 0 Å². The molecule has 130 valence electrons. The highest BCUT2D eigenvalue weighted by Gasteiger charge is 2.28. The summed E-state index contributed by atoms with van der Waals surface area (Å²) < 4.78 is 5.30. The fourth-order valence-electron chi connectivity index (χ4n) is 3.23. The number of aromatic amines is 1. The molecule has 1 saturated carbocycles. The van der Waals surface area contributed by atoms with Crippen molar-refractivity contribution in [2.75, 3.05) is 0 Å². The zero-order valence-corrected chi connectivity index (χ0v) is 14.2. The lowest BCUT2D eigenvalue weighted by atomic mass is 10.1. The summed E-state index contributed by atoms with van der Waals surface area (Å²) in [6.07, 6.45) is 2.21. The molecule has 26 heavy (non-hydrogen) atoms. The molecule has 1 aromatic carbocycles. The van der Waals surface area contributed by atoms with Gasteiger partial charge in [-0.3, -0.25) is 4.79 Å². The number of H-pyrrole nitrogens is 1. The Hall–Kier alpha value is -3.22. The first-order valence-corrected chi connectivity index (χ1v) is 8.68. The van der Waals surface area contributed by atoms with Crippen molar-refractivity contribution >= 4 is 28.0 Å². The minimum absolute atomic E-state index is 0.175. The van der Waals surface area contributed by atoms with Crippen LogP contribution in [0.1, 0.15) is 46.3 Å². The summed E-state index contributed by atoms with van der Waals surface area (Å²) in [6.45, 7) is 2.14. The Morgan fingerprint density at radius 2 is 2.15 bits per heavy atom. The SMILES string of the molecule is Cc1noc2nc(C3CC3)cc(C(=O)NCc3nc4ccccc4[nH]3)c12. The second kappa shape index (κ2) is 5.66. The zero-order chi connectivity index (χ0) is 17.7. The summed E-state index contributed by atoms with van der Waals surface area (Å²) >= 11 is 0. The molecular weight excluding hydrogens is 330 g/mol. The van der Waals surface area contributed by atoms with Gasteiger partial charge in [-0.25, -0.2) is 9.97 Å². The summed E-state index contributed by atoms with van der Waals surface area (Å²) in [7, 11) is 0. The van der Waals surface area contributed by atoms with E-state index < -0.39 is 0 Å². The molecule has 0 atom stereocenters. The van der Waals surface area contributed by atoms with Crippen molar-refractivity contribution in [3.8, 4) is 0 Å². The molecule has 5 rings (SSSR count). The number of aryl methyl sites for hydroxylation is 1. The highest BCUT2D eigenvalue weighted by molar-refractivity contribution is 6.06. The number of benzene rings is 1. The number of nitrogens with zero attached hydrogens (tertiary/aromatic N) is 3. The van der Waals surface area contributed by atoms with Gasteiger partial charge in [-0.15, -0.1) is 0 Å². The molecule has 0 bridgehead atoms. The summed E-state index contributed by atoms with van der Waals surface area (Å²) in [5.41, 5.74) is 4.40. The molecule has 1 aliphatic rings. The van der Waals surface area contributed by atoms with Crippen LogP contribution in [0.5, 0.6) is 0 Å². The fourth-order valence-corrected chi connectivity index (χ4v) is 3.23. The highest BCUT2D eigenvalue weighted by atomic mass is 16.5. The third kappa shape index (κ3) is 2.52. The molecular formula is C19H17N5O2. The zero-order valence-electron chi connectivity index (χ0n) is 14.2.